The number of benzene rings is 1. The third-order valence-corrected chi connectivity index (χ3v) is 4.32. The maximum atomic E-state index is 4.22. The Hall–Kier alpha value is -1.67. The minimum Gasteiger partial charge on any atom is -0.310 e. The summed E-state index contributed by atoms with van der Waals surface area (Å²) in [6.45, 7) is 5.35. The van der Waals surface area contributed by atoms with E-state index in [1.807, 2.05) is 12.4 Å². The van der Waals surface area contributed by atoms with Gasteiger partial charge >= 0.3 is 0 Å². The van der Waals surface area contributed by atoms with Gasteiger partial charge in [-0.05, 0) is 54.5 Å². The predicted octanol–water partition coefficient (Wildman–Crippen LogP) is 3.84. The maximum Gasteiger partial charge on any atom is 0.0358 e. The Kier molecular flexibility index (Phi) is 3.83. The van der Waals surface area contributed by atoms with Gasteiger partial charge in [-0.25, -0.2) is 0 Å². The van der Waals surface area contributed by atoms with Crippen molar-refractivity contribution in [2.24, 2.45) is 5.92 Å². The Labute approximate surface area is 121 Å². The first-order valence-electron chi connectivity index (χ1n) is 7.50. The Morgan fingerprint density at radius 2 is 2.05 bits per heavy atom. The smallest absolute Gasteiger partial charge is 0.0358 e. The van der Waals surface area contributed by atoms with Gasteiger partial charge in [0.1, 0.15) is 0 Å². The Morgan fingerprint density at radius 3 is 2.75 bits per heavy atom. The van der Waals surface area contributed by atoms with Crippen molar-refractivity contribution >= 4 is 0 Å². The highest BCUT2D eigenvalue weighted by Crippen LogP contribution is 2.54. The zero-order valence-electron chi connectivity index (χ0n) is 12.2. The zero-order chi connectivity index (χ0) is 13.9. The molecule has 2 nitrogen and oxygen atoms in total. The molecule has 104 valence electrons. The van der Waals surface area contributed by atoms with E-state index in [0.29, 0.717) is 17.9 Å². The first kappa shape index (κ1) is 13.3. The van der Waals surface area contributed by atoms with Gasteiger partial charge in [-0.2, -0.15) is 0 Å². The van der Waals surface area contributed by atoms with E-state index in [1.54, 1.807) is 0 Å². The van der Waals surface area contributed by atoms with Gasteiger partial charge in [0.05, 0.1) is 0 Å². The molecule has 2 aromatic rings. The molecule has 1 aromatic carbocycles. The summed E-state index contributed by atoms with van der Waals surface area (Å²) < 4.78 is 0. The number of nitrogens with one attached hydrogen (secondary N) is 1. The monoisotopic (exact) mass is 266 g/mol. The van der Waals surface area contributed by atoms with E-state index in [4.69, 9.17) is 0 Å². The first-order chi connectivity index (χ1) is 9.81. The molecule has 1 fully saturated rings. The summed E-state index contributed by atoms with van der Waals surface area (Å²) in [5, 5.41) is 3.67. The van der Waals surface area contributed by atoms with Crippen LogP contribution in [0.25, 0.3) is 0 Å². The van der Waals surface area contributed by atoms with Gasteiger partial charge in [0, 0.05) is 18.4 Å². The third-order valence-electron chi connectivity index (χ3n) is 4.32. The number of nitrogens with zero attached hydrogens (tertiary/aromatic N) is 1. The van der Waals surface area contributed by atoms with Gasteiger partial charge in [0.2, 0.25) is 0 Å². The van der Waals surface area contributed by atoms with Crippen molar-refractivity contribution in [3.63, 3.8) is 0 Å². The van der Waals surface area contributed by atoms with Gasteiger partial charge < -0.3 is 5.32 Å². The van der Waals surface area contributed by atoms with Crippen molar-refractivity contribution in [2.45, 2.75) is 32.2 Å². The van der Waals surface area contributed by atoms with Gasteiger partial charge in [0.15, 0.2) is 0 Å². The number of aromatic nitrogens is 1. The van der Waals surface area contributed by atoms with E-state index in [9.17, 15) is 0 Å². The van der Waals surface area contributed by atoms with Crippen molar-refractivity contribution < 1.29 is 0 Å². The first-order valence-corrected chi connectivity index (χ1v) is 7.50. The molecule has 3 atom stereocenters. The lowest BCUT2D eigenvalue weighted by Gasteiger charge is -2.20. The van der Waals surface area contributed by atoms with E-state index < -0.39 is 0 Å². The number of hydrogen-bond donors (Lipinski definition) is 1. The second-order valence-corrected chi connectivity index (χ2v) is 5.68. The average Bonchev–Trinajstić information content (AvgIpc) is 3.27. The fraction of sp³-hybridized carbons (Fsp3) is 0.389. The van der Waals surface area contributed by atoms with Crippen LogP contribution in [0.5, 0.6) is 0 Å². The second-order valence-electron chi connectivity index (χ2n) is 5.68. The molecule has 1 aliphatic carbocycles. The van der Waals surface area contributed by atoms with Crippen molar-refractivity contribution in [1.29, 1.82) is 0 Å². The SMILES string of the molecule is CCNC(c1ccncc1C)C1CC1c1ccccc1. The van der Waals surface area contributed by atoms with Gasteiger partial charge in [-0.3, -0.25) is 4.98 Å². The van der Waals surface area contributed by atoms with Crippen LogP contribution in [0.4, 0.5) is 0 Å². The highest BCUT2D eigenvalue weighted by molar-refractivity contribution is 5.32. The lowest BCUT2D eigenvalue weighted by Crippen LogP contribution is -2.24. The Bertz CT molecular complexity index is 565. The normalized spacial score (nSPS) is 22.5. The van der Waals surface area contributed by atoms with Crippen LogP contribution in [-0.4, -0.2) is 11.5 Å². The van der Waals surface area contributed by atoms with E-state index in [0.717, 1.165) is 6.54 Å². The summed E-state index contributed by atoms with van der Waals surface area (Å²) in [6, 6.07) is 13.5. The molecule has 3 rings (SSSR count). The van der Waals surface area contributed by atoms with Gasteiger partial charge in [0.25, 0.3) is 0 Å². The molecule has 3 unspecified atom stereocenters. The summed E-state index contributed by atoms with van der Waals surface area (Å²) in [5.41, 5.74) is 4.18. The van der Waals surface area contributed by atoms with Crippen LogP contribution in [0.1, 0.15) is 42.0 Å². The van der Waals surface area contributed by atoms with E-state index in [2.05, 4.69) is 60.5 Å². The third kappa shape index (κ3) is 2.61. The lowest BCUT2D eigenvalue weighted by atomic mass is 9.96. The molecule has 1 aromatic heterocycles. The van der Waals surface area contributed by atoms with Crippen molar-refractivity contribution in [3.05, 3.63) is 65.5 Å². The molecule has 0 radical (unpaired) electrons. The summed E-state index contributed by atoms with van der Waals surface area (Å²) >= 11 is 0. The summed E-state index contributed by atoms with van der Waals surface area (Å²) in [7, 11) is 0. The zero-order valence-corrected chi connectivity index (χ0v) is 12.2. The predicted molar refractivity (Wildman–Crippen MR) is 82.7 cm³/mol. The maximum absolute atomic E-state index is 4.22. The number of rotatable bonds is 5. The van der Waals surface area contributed by atoms with Crippen LogP contribution >= 0.6 is 0 Å². The highest BCUT2D eigenvalue weighted by atomic mass is 14.9. The molecule has 20 heavy (non-hydrogen) atoms. The molecule has 1 saturated carbocycles. The summed E-state index contributed by atoms with van der Waals surface area (Å²) in [4.78, 5) is 4.22. The summed E-state index contributed by atoms with van der Waals surface area (Å²) in [6.07, 6.45) is 5.16. The van der Waals surface area contributed by atoms with Crippen molar-refractivity contribution in [1.82, 2.24) is 10.3 Å². The van der Waals surface area contributed by atoms with Crippen LogP contribution in [-0.2, 0) is 0 Å². The average molecular weight is 266 g/mol. The minimum atomic E-state index is 0.452. The van der Waals surface area contributed by atoms with E-state index >= 15 is 0 Å². The van der Waals surface area contributed by atoms with Crippen LogP contribution in [0.15, 0.2) is 48.8 Å². The molecule has 0 spiro atoms. The quantitative estimate of drug-likeness (QED) is 0.889. The molecule has 1 heterocycles. The number of aryl methyl sites for hydroxylation is 1. The van der Waals surface area contributed by atoms with Crippen LogP contribution < -0.4 is 5.32 Å². The number of pyridine rings is 1. The molecule has 1 N–H and O–H groups in total. The molecule has 0 bridgehead atoms. The van der Waals surface area contributed by atoms with Crippen molar-refractivity contribution in [2.75, 3.05) is 6.54 Å². The molecular weight excluding hydrogens is 244 g/mol. The molecule has 1 aliphatic rings. The Balaban J connectivity index is 1.82. The number of hydrogen-bond acceptors (Lipinski definition) is 2. The van der Waals surface area contributed by atoms with Gasteiger partial charge in [-0.15, -0.1) is 0 Å². The highest BCUT2D eigenvalue weighted by Gasteiger charge is 2.44. The van der Waals surface area contributed by atoms with Crippen molar-refractivity contribution in [3.8, 4) is 0 Å². The van der Waals surface area contributed by atoms with Crippen LogP contribution in [0.3, 0.4) is 0 Å². The van der Waals surface area contributed by atoms with E-state index in [1.165, 1.54) is 23.1 Å². The second kappa shape index (κ2) is 5.76. The van der Waals surface area contributed by atoms with Crippen LogP contribution in [0, 0.1) is 12.8 Å². The fourth-order valence-electron chi connectivity index (χ4n) is 3.21. The van der Waals surface area contributed by atoms with E-state index in [-0.39, 0.29) is 0 Å². The topological polar surface area (TPSA) is 24.9 Å². The minimum absolute atomic E-state index is 0.452. The molecule has 0 saturated heterocycles. The Morgan fingerprint density at radius 1 is 1.25 bits per heavy atom. The van der Waals surface area contributed by atoms with Gasteiger partial charge in [-0.1, -0.05) is 37.3 Å². The molecule has 0 amide bonds. The molecular formula is C18H22N2. The largest absolute Gasteiger partial charge is 0.310 e. The lowest BCUT2D eigenvalue weighted by molar-refractivity contribution is 0.484. The fourth-order valence-corrected chi connectivity index (χ4v) is 3.21. The standard InChI is InChI=1S/C18H22N2/c1-3-20-18(15-9-10-19-12-13(15)2)17-11-16(17)14-7-5-4-6-8-14/h4-10,12,16-18,20H,3,11H2,1-2H3. The van der Waals surface area contributed by atoms with Crippen LogP contribution in [0.2, 0.25) is 0 Å². The molecule has 2 heteroatoms. The summed E-state index contributed by atoms with van der Waals surface area (Å²) in [5.74, 6) is 1.41. The molecule has 0 aliphatic heterocycles.